The van der Waals surface area contributed by atoms with Crippen molar-refractivity contribution in [3.05, 3.63) is 51.9 Å². The first-order valence-electron chi connectivity index (χ1n) is 11.4. The van der Waals surface area contributed by atoms with Crippen molar-refractivity contribution in [2.75, 3.05) is 37.6 Å². The van der Waals surface area contributed by atoms with E-state index < -0.39 is 6.10 Å². The summed E-state index contributed by atoms with van der Waals surface area (Å²) in [6.07, 6.45) is 1.73. The molecule has 1 aliphatic heterocycles. The standard InChI is InChI=1S/C24H32BrN5O2/c1-15(2)26-13-19(17-4-6-18(25)7-5-17)24(32)30-10-8-29(9-11-30)23-21-16(3)12-20(31)22(21)27-14-28-23/h4-7,14-16,19-20,26,31H,8-13H2,1-3H3/t16-,19-,20-/m1/s1. The molecule has 0 bridgehead atoms. The fourth-order valence-electron chi connectivity index (χ4n) is 4.71. The van der Waals surface area contributed by atoms with E-state index in [2.05, 4.69) is 56.9 Å². The van der Waals surface area contributed by atoms with Gasteiger partial charge in [-0.25, -0.2) is 9.97 Å². The predicted molar refractivity (Wildman–Crippen MR) is 129 cm³/mol. The van der Waals surface area contributed by atoms with Crippen molar-refractivity contribution in [1.29, 1.82) is 0 Å². The normalized spacial score (nSPS) is 21.7. The number of anilines is 1. The number of hydrogen-bond donors (Lipinski definition) is 2. The van der Waals surface area contributed by atoms with Gasteiger partial charge in [-0.2, -0.15) is 0 Å². The third-order valence-electron chi connectivity index (χ3n) is 6.47. The predicted octanol–water partition coefficient (Wildman–Crippen LogP) is 3.21. The molecule has 172 valence electrons. The minimum atomic E-state index is -0.509. The summed E-state index contributed by atoms with van der Waals surface area (Å²) in [7, 11) is 0. The SMILES string of the molecule is CC(C)NC[C@@H](C(=O)N1CCN(c2ncnc3c2[C@H](C)C[C@H]3O)CC1)c1ccc(Br)cc1. The van der Waals surface area contributed by atoms with E-state index in [1.807, 2.05) is 29.2 Å². The van der Waals surface area contributed by atoms with Crippen molar-refractivity contribution >= 4 is 27.7 Å². The molecule has 2 aromatic rings. The van der Waals surface area contributed by atoms with Gasteiger partial charge in [-0.3, -0.25) is 4.79 Å². The van der Waals surface area contributed by atoms with Crippen LogP contribution in [0.1, 0.15) is 62.0 Å². The molecule has 2 heterocycles. The smallest absolute Gasteiger partial charge is 0.231 e. The molecule has 1 amide bonds. The summed E-state index contributed by atoms with van der Waals surface area (Å²) in [5.74, 6) is 1.10. The molecule has 1 aliphatic carbocycles. The Morgan fingerprint density at radius 1 is 1.19 bits per heavy atom. The number of piperazine rings is 1. The first kappa shape index (κ1) is 23.1. The maximum Gasteiger partial charge on any atom is 0.231 e. The van der Waals surface area contributed by atoms with Gasteiger partial charge in [0.1, 0.15) is 12.1 Å². The molecule has 3 atom stereocenters. The van der Waals surface area contributed by atoms with Crippen molar-refractivity contribution in [1.82, 2.24) is 20.2 Å². The van der Waals surface area contributed by atoms with Crippen molar-refractivity contribution in [3.8, 4) is 0 Å². The molecule has 1 aromatic carbocycles. The summed E-state index contributed by atoms with van der Waals surface area (Å²) in [6, 6.07) is 8.36. The van der Waals surface area contributed by atoms with Crippen LogP contribution >= 0.6 is 15.9 Å². The fraction of sp³-hybridized carbons (Fsp3) is 0.542. The molecule has 0 saturated carbocycles. The lowest BCUT2D eigenvalue weighted by Gasteiger charge is -2.38. The average molecular weight is 502 g/mol. The Morgan fingerprint density at radius 3 is 2.53 bits per heavy atom. The van der Waals surface area contributed by atoms with Gasteiger partial charge in [0.05, 0.1) is 17.7 Å². The van der Waals surface area contributed by atoms with E-state index in [1.165, 1.54) is 0 Å². The lowest BCUT2D eigenvalue weighted by atomic mass is 9.96. The number of rotatable bonds is 6. The third-order valence-corrected chi connectivity index (χ3v) is 7.00. The lowest BCUT2D eigenvalue weighted by Crippen LogP contribution is -2.51. The molecule has 32 heavy (non-hydrogen) atoms. The monoisotopic (exact) mass is 501 g/mol. The van der Waals surface area contributed by atoms with E-state index in [1.54, 1.807) is 6.33 Å². The van der Waals surface area contributed by atoms with Gasteiger partial charge in [0.15, 0.2) is 0 Å². The van der Waals surface area contributed by atoms with Crippen molar-refractivity contribution in [2.24, 2.45) is 0 Å². The van der Waals surface area contributed by atoms with E-state index >= 15 is 0 Å². The topological polar surface area (TPSA) is 81.6 Å². The molecule has 1 aromatic heterocycles. The van der Waals surface area contributed by atoms with E-state index in [-0.39, 0.29) is 17.7 Å². The van der Waals surface area contributed by atoms with Crippen LogP contribution in [-0.2, 0) is 4.79 Å². The van der Waals surface area contributed by atoms with Crippen LogP contribution in [0.5, 0.6) is 0 Å². The van der Waals surface area contributed by atoms with Crippen LogP contribution in [0.15, 0.2) is 35.1 Å². The minimum absolute atomic E-state index is 0.164. The maximum atomic E-state index is 13.5. The van der Waals surface area contributed by atoms with E-state index in [0.29, 0.717) is 32.1 Å². The number of amides is 1. The number of carbonyl (C=O) groups is 1. The summed E-state index contributed by atoms with van der Waals surface area (Å²) >= 11 is 3.49. The Kier molecular flexibility index (Phi) is 7.12. The van der Waals surface area contributed by atoms with Gasteiger partial charge < -0.3 is 20.2 Å². The first-order chi connectivity index (χ1) is 15.3. The molecule has 1 saturated heterocycles. The van der Waals surface area contributed by atoms with Gasteiger partial charge in [0.25, 0.3) is 0 Å². The summed E-state index contributed by atoms with van der Waals surface area (Å²) in [5, 5.41) is 13.7. The molecule has 0 radical (unpaired) electrons. The molecule has 7 nitrogen and oxygen atoms in total. The largest absolute Gasteiger partial charge is 0.387 e. The van der Waals surface area contributed by atoms with E-state index in [4.69, 9.17) is 0 Å². The van der Waals surface area contributed by atoms with Gasteiger partial charge in [-0.05, 0) is 30.0 Å². The van der Waals surface area contributed by atoms with E-state index in [0.717, 1.165) is 40.2 Å². The van der Waals surface area contributed by atoms with Gasteiger partial charge in [0.2, 0.25) is 5.91 Å². The van der Waals surface area contributed by atoms with Crippen LogP contribution in [0, 0.1) is 0 Å². The molecular weight excluding hydrogens is 470 g/mol. The zero-order valence-corrected chi connectivity index (χ0v) is 20.5. The Morgan fingerprint density at radius 2 is 1.88 bits per heavy atom. The second-order valence-corrected chi connectivity index (χ2v) is 10.0. The molecule has 0 spiro atoms. The maximum absolute atomic E-state index is 13.5. The van der Waals surface area contributed by atoms with Crippen molar-refractivity contribution in [3.63, 3.8) is 0 Å². The van der Waals surface area contributed by atoms with Gasteiger partial charge >= 0.3 is 0 Å². The Labute approximate surface area is 198 Å². The summed E-state index contributed by atoms with van der Waals surface area (Å²) < 4.78 is 1.01. The van der Waals surface area contributed by atoms with Crippen LogP contribution in [-0.4, -0.2) is 64.6 Å². The molecule has 1 fully saturated rings. The number of aromatic nitrogens is 2. The molecule has 0 unspecified atom stereocenters. The van der Waals surface area contributed by atoms with Crippen LogP contribution in [0.4, 0.5) is 5.82 Å². The second-order valence-electron chi connectivity index (χ2n) is 9.13. The Bertz CT molecular complexity index is 944. The zero-order chi connectivity index (χ0) is 22.8. The summed E-state index contributed by atoms with van der Waals surface area (Å²) in [6.45, 7) is 9.69. The summed E-state index contributed by atoms with van der Waals surface area (Å²) in [4.78, 5) is 26.6. The lowest BCUT2D eigenvalue weighted by molar-refractivity contribution is -0.133. The molecular formula is C24H32BrN5O2. The highest BCUT2D eigenvalue weighted by molar-refractivity contribution is 9.10. The highest BCUT2D eigenvalue weighted by Crippen LogP contribution is 2.42. The number of carbonyl (C=O) groups excluding carboxylic acids is 1. The van der Waals surface area contributed by atoms with Crippen LogP contribution in [0.25, 0.3) is 0 Å². The van der Waals surface area contributed by atoms with Gasteiger partial charge in [-0.15, -0.1) is 0 Å². The minimum Gasteiger partial charge on any atom is -0.387 e. The zero-order valence-electron chi connectivity index (χ0n) is 19.0. The number of fused-ring (bicyclic) bond motifs is 1. The van der Waals surface area contributed by atoms with Crippen LogP contribution in [0.3, 0.4) is 0 Å². The molecule has 2 N–H and O–H groups in total. The number of aliphatic hydroxyl groups excluding tert-OH is 1. The van der Waals surface area contributed by atoms with Crippen molar-refractivity contribution in [2.45, 2.75) is 51.2 Å². The number of nitrogens with zero attached hydrogens (tertiary/aromatic N) is 4. The third kappa shape index (κ3) is 4.82. The van der Waals surface area contributed by atoms with Crippen LogP contribution in [0.2, 0.25) is 0 Å². The fourth-order valence-corrected chi connectivity index (χ4v) is 4.97. The highest BCUT2D eigenvalue weighted by atomic mass is 79.9. The number of hydrogen-bond acceptors (Lipinski definition) is 6. The van der Waals surface area contributed by atoms with Gasteiger partial charge in [-0.1, -0.05) is 48.8 Å². The Hall–Kier alpha value is -2.03. The number of nitrogens with one attached hydrogen (secondary N) is 1. The second kappa shape index (κ2) is 9.85. The van der Waals surface area contributed by atoms with Gasteiger partial charge in [0, 0.05) is 48.8 Å². The quantitative estimate of drug-likeness (QED) is 0.632. The summed E-state index contributed by atoms with van der Waals surface area (Å²) in [5.41, 5.74) is 2.86. The number of halogens is 1. The van der Waals surface area contributed by atoms with Crippen LogP contribution < -0.4 is 10.2 Å². The molecule has 4 rings (SSSR count). The average Bonchev–Trinajstić information content (AvgIpc) is 3.08. The molecule has 2 aliphatic rings. The first-order valence-corrected chi connectivity index (χ1v) is 12.2. The molecule has 8 heteroatoms. The van der Waals surface area contributed by atoms with Crippen molar-refractivity contribution < 1.29 is 9.90 Å². The van der Waals surface area contributed by atoms with E-state index in [9.17, 15) is 9.90 Å². The number of benzene rings is 1. The number of aliphatic hydroxyl groups is 1. The Balaban J connectivity index is 1.47. The highest BCUT2D eigenvalue weighted by Gasteiger charge is 2.35.